The molecule has 10 nitrogen and oxygen atoms in total. The highest BCUT2D eigenvalue weighted by Gasteiger charge is 2.44. The molecular weight excluding hydrogens is 582 g/mol. The summed E-state index contributed by atoms with van der Waals surface area (Å²) in [6.45, 7) is 0.372. The molecular formula is C24H29F4N3O7S2. The quantitative estimate of drug-likeness (QED) is 0.453. The first-order valence-electron chi connectivity index (χ1n) is 12.1. The number of carboxylic acids is 1. The Labute approximate surface area is 229 Å². The highest BCUT2D eigenvalue weighted by molar-refractivity contribution is 7.91. The number of nitrogens with two attached hydrogens (primary N) is 1. The Morgan fingerprint density at radius 1 is 1.10 bits per heavy atom. The van der Waals surface area contributed by atoms with E-state index in [0.29, 0.717) is 24.3 Å². The van der Waals surface area contributed by atoms with Gasteiger partial charge < -0.3 is 15.6 Å². The minimum atomic E-state index is -5.08. The average Bonchev–Trinajstić information content (AvgIpc) is 3.32. The number of aliphatic carboxylic acids is 1. The Hall–Kier alpha value is -2.79. The molecule has 2 fully saturated rings. The Kier molecular flexibility index (Phi) is 10.2. The van der Waals surface area contributed by atoms with Gasteiger partial charge in [-0.25, -0.2) is 17.6 Å². The SMILES string of the molecule is NCc1cccc(OC[C@H]2C[C@@H](c3ccccc3F)CN2S(=O)(=O)N2CCS(=O)(=O)CC2)c1.O=C(O)C(F)(F)F. The topological polar surface area (TPSA) is 147 Å². The molecule has 2 saturated heterocycles. The van der Waals surface area contributed by atoms with Gasteiger partial charge in [-0.05, 0) is 35.7 Å². The van der Waals surface area contributed by atoms with Crippen molar-refractivity contribution in [3.05, 3.63) is 65.5 Å². The summed E-state index contributed by atoms with van der Waals surface area (Å²) >= 11 is 0. The van der Waals surface area contributed by atoms with Gasteiger partial charge in [0.1, 0.15) is 18.2 Å². The van der Waals surface area contributed by atoms with E-state index in [1.54, 1.807) is 30.3 Å². The first kappa shape index (κ1) is 31.7. The molecule has 2 aliphatic rings. The van der Waals surface area contributed by atoms with Crippen LogP contribution in [0.3, 0.4) is 0 Å². The molecule has 0 amide bonds. The molecule has 0 unspecified atom stereocenters. The smallest absolute Gasteiger partial charge is 0.490 e. The third-order valence-electron chi connectivity index (χ3n) is 6.45. The number of ether oxygens (including phenoxy) is 1. The van der Waals surface area contributed by atoms with Crippen LogP contribution in [-0.4, -0.2) is 86.5 Å². The standard InChI is InChI=1S/C22H28FN3O5S2.C2HF3O2/c23-22-7-2-1-6-21(22)18-13-19(16-31-20-5-3-4-17(12-20)14-24)26(15-18)33(29,30)25-8-10-32(27,28)11-9-25;3-2(4,5)1(6)7/h1-7,12,18-19H,8-11,13-16,24H2;(H,6,7)/t18-,19-;/m1./s1. The second kappa shape index (κ2) is 12.8. The van der Waals surface area contributed by atoms with Crippen molar-refractivity contribution in [1.82, 2.24) is 8.61 Å². The molecule has 2 atom stereocenters. The first-order chi connectivity index (χ1) is 18.6. The summed E-state index contributed by atoms with van der Waals surface area (Å²) in [4.78, 5) is 8.90. The molecule has 2 heterocycles. The van der Waals surface area contributed by atoms with Gasteiger partial charge in [0.15, 0.2) is 9.84 Å². The summed E-state index contributed by atoms with van der Waals surface area (Å²) in [5.74, 6) is -3.30. The fourth-order valence-corrected chi connectivity index (χ4v) is 7.65. The van der Waals surface area contributed by atoms with Crippen molar-refractivity contribution in [2.24, 2.45) is 5.73 Å². The van der Waals surface area contributed by atoms with E-state index in [2.05, 4.69) is 0 Å². The lowest BCUT2D eigenvalue weighted by Crippen LogP contribution is -2.52. The maximum atomic E-state index is 14.5. The summed E-state index contributed by atoms with van der Waals surface area (Å²) in [5, 5.41) is 7.12. The van der Waals surface area contributed by atoms with Crippen LogP contribution in [0, 0.1) is 5.82 Å². The molecule has 2 aromatic rings. The molecule has 3 N–H and O–H groups in total. The zero-order chi connectivity index (χ0) is 29.7. The van der Waals surface area contributed by atoms with Crippen LogP contribution in [0.25, 0.3) is 0 Å². The number of alkyl halides is 3. The predicted octanol–water partition coefficient (Wildman–Crippen LogP) is 2.13. The van der Waals surface area contributed by atoms with Gasteiger partial charge in [-0.3, -0.25) is 0 Å². The number of hydrogen-bond acceptors (Lipinski definition) is 7. The minimum absolute atomic E-state index is 0.0857. The predicted molar refractivity (Wildman–Crippen MR) is 137 cm³/mol. The number of hydrogen-bond donors (Lipinski definition) is 2. The number of carboxylic acid groups (broad SMARTS) is 1. The number of rotatable bonds is 7. The Morgan fingerprint density at radius 3 is 2.30 bits per heavy atom. The van der Waals surface area contributed by atoms with Crippen molar-refractivity contribution < 1.29 is 49.0 Å². The van der Waals surface area contributed by atoms with Crippen LogP contribution in [0.2, 0.25) is 0 Å². The molecule has 40 heavy (non-hydrogen) atoms. The van der Waals surface area contributed by atoms with Gasteiger partial charge in [-0.1, -0.05) is 30.3 Å². The molecule has 2 aliphatic heterocycles. The van der Waals surface area contributed by atoms with E-state index in [0.717, 1.165) is 5.56 Å². The number of carbonyl (C=O) groups is 1. The third-order valence-corrected chi connectivity index (χ3v) is 10.1. The van der Waals surface area contributed by atoms with E-state index >= 15 is 0 Å². The third kappa shape index (κ3) is 8.13. The lowest BCUT2D eigenvalue weighted by molar-refractivity contribution is -0.192. The molecule has 222 valence electrons. The highest BCUT2D eigenvalue weighted by Crippen LogP contribution is 2.36. The molecule has 0 aromatic heterocycles. The second-order valence-corrected chi connectivity index (χ2v) is 13.4. The molecule has 0 spiro atoms. The van der Waals surface area contributed by atoms with Crippen molar-refractivity contribution in [3.8, 4) is 5.75 Å². The van der Waals surface area contributed by atoms with Crippen molar-refractivity contribution in [3.63, 3.8) is 0 Å². The average molecular weight is 612 g/mol. The van der Waals surface area contributed by atoms with Crippen LogP contribution >= 0.6 is 0 Å². The summed E-state index contributed by atoms with van der Waals surface area (Å²) in [6.07, 6.45) is -4.69. The zero-order valence-electron chi connectivity index (χ0n) is 21.1. The summed E-state index contributed by atoms with van der Waals surface area (Å²) in [6, 6.07) is 13.1. The van der Waals surface area contributed by atoms with E-state index in [9.17, 15) is 34.4 Å². The van der Waals surface area contributed by atoms with Gasteiger partial charge >= 0.3 is 12.1 Å². The first-order valence-corrected chi connectivity index (χ1v) is 15.3. The van der Waals surface area contributed by atoms with Crippen LogP contribution in [0.15, 0.2) is 48.5 Å². The Morgan fingerprint density at radius 2 is 1.73 bits per heavy atom. The van der Waals surface area contributed by atoms with Crippen molar-refractivity contribution in [1.29, 1.82) is 0 Å². The van der Waals surface area contributed by atoms with E-state index < -0.39 is 38.2 Å². The fraction of sp³-hybridized carbons (Fsp3) is 0.458. The van der Waals surface area contributed by atoms with Gasteiger partial charge in [0.05, 0.1) is 17.5 Å². The van der Waals surface area contributed by atoms with Gasteiger partial charge in [-0.2, -0.15) is 30.2 Å². The van der Waals surface area contributed by atoms with Crippen molar-refractivity contribution in [2.45, 2.75) is 31.1 Å². The van der Waals surface area contributed by atoms with Gasteiger partial charge in [0, 0.05) is 32.1 Å². The van der Waals surface area contributed by atoms with Crippen LogP contribution in [-0.2, 0) is 31.4 Å². The Balaban J connectivity index is 0.000000559. The largest absolute Gasteiger partial charge is 0.492 e. The maximum absolute atomic E-state index is 14.5. The lowest BCUT2D eigenvalue weighted by Gasteiger charge is -2.32. The molecule has 16 heteroatoms. The van der Waals surface area contributed by atoms with Crippen LogP contribution in [0.1, 0.15) is 23.5 Å². The van der Waals surface area contributed by atoms with Crippen LogP contribution < -0.4 is 10.5 Å². The summed E-state index contributed by atoms with van der Waals surface area (Å²) in [5.41, 5.74) is 7.04. The monoisotopic (exact) mass is 611 g/mol. The van der Waals surface area contributed by atoms with Gasteiger partial charge in [0.25, 0.3) is 10.2 Å². The van der Waals surface area contributed by atoms with E-state index in [4.69, 9.17) is 20.4 Å². The molecule has 0 bridgehead atoms. The van der Waals surface area contributed by atoms with Gasteiger partial charge in [0.2, 0.25) is 0 Å². The number of nitrogens with zero attached hydrogens (tertiary/aromatic N) is 2. The van der Waals surface area contributed by atoms with E-state index in [-0.39, 0.29) is 49.5 Å². The fourth-order valence-electron chi connectivity index (χ4n) is 4.38. The molecule has 0 aliphatic carbocycles. The number of halogens is 4. The molecule has 4 rings (SSSR count). The lowest BCUT2D eigenvalue weighted by atomic mass is 9.96. The summed E-state index contributed by atoms with van der Waals surface area (Å²) in [7, 11) is -7.19. The zero-order valence-corrected chi connectivity index (χ0v) is 22.8. The van der Waals surface area contributed by atoms with E-state index in [1.807, 2.05) is 12.1 Å². The maximum Gasteiger partial charge on any atom is 0.490 e. The summed E-state index contributed by atoms with van der Waals surface area (Å²) < 4.78 is 105. The normalized spacial score (nSPS) is 21.8. The number of sulfone groups is 1. The van der Waals surface area contributed by atoms with Crippen LogP contribution in [0.5, 0.6) is 5.75 Å². The van der Waals surface area contributed by atoms with Crippen LogP contribution in [0.4, 0.5) is 17.6 Å². The highest BCUT2D eigenvalue weighted by atomic mass is 32.2. The number of benzene rings is 2. The Bertz CT molecular complexity index is 1390. The minimum Gasteiger partial charge on any atom is -0.492 e. The molecule has 2 aromatic carbocycles. The molecule has 0 saturated carbocycles. The van der Waals surface area contributed by atoms with E-state index in [1.165, 1.54) is 14.7 Å². The molecule has 0 radical (unpaired) electrons. The second-order valence-electron chi connectivity index (χ2n) is 9.20. The van der Waals surface area contributed by atoms with Gasteiger partial charge in [-0.15, -0.1) is 0 Å². The van der Waals surface area contributed by atoms with Crippen molar-refractivity contribution in [2.75, 3.05) is 37.7 Å². The van der Waals surface area contributed by atoms with Crippen molar-refractivity contribution >= 4 is 26.0 Å².